The second-order valence-corrected chi connectivity index (χ2v) is 8.62. The monoisotopic (exact) mass is 409 g/mol. The zero-order valence-corrected chi connectivity index (χ0v) is 17.0. The molecule has 4 rings (SSSR count). The molecule has 0 spiro atoms. The minimum Gasteiger partial charge on any atom is -0.378 e. The molecule has 0 radical (unpaired) electrons. The fourth-order valence-electron chi connectivity index (χ4n) is 3.82. The van der Waals surface area contributed by atoms with Crippen LogP contribution in [0.1, 0.15) is 17.7 Å². The Morgan fingerprint density at radius 1 is 1.37 bits per heavy atom. The molecule has 0 saturated carbocycles. The van der Waals surface area contributed by atoms with Crippen LogP contribution in [0.15, 0.2) is 6.07 Å². The van der Waals surface area contributed by atoms with Crippen LogP contribution < -0.4 is 4.90 Å². The average molecular weight is 410 g/mol. The highest BCUT2D eigenvalue weighted by molar-refractivity contribution is 7.19. The first-order valence-corrected chi connectivity index (χ1v) is 10.5. The van der Waals surface area contributed by atoms with E-state index in [1.807, 2.05) is 7.05 Å². The van der Waals surface area contributed by atoms with Gasteiger partial charge in [-0.1, -0.05) is 0 Å². The van der Waals surface area contributed by atoms with Crippen LogP contribution in [0.25, 0.3) is 10.2 Å². The van der Waals surface area contributed by atoms with E-state index in [4.69, 9.17) is 16.3 Å². The highest BCUT2D eigenvalue weighted by Gasteiger charge is 2.24. The predicted octanol–water partition coefficient (Wildman–Crippen LogP) is 2.23. The maximum absolute atomic E-state index is 11.1. The maximum atomic E-state index is 11.1. The summed E-state index contributed by atoms with van der Waals surface area (Å²) in [5, 5.41) is 0.291. The van der Waals surface area contributed by atoms with Crippen LogP contribution in [0.2, 0.25) is 5.28 Å². The summed E-state index contributed by atoms with van der Waals surface area (Å²) in [7, 11) is 1.87. The standard InChI is InChI=1S/C18H24ClN5O2S/c1-22(12-25)13-3-2-4-23(10-13)11-14-9-15-16(27-14)17(21-18(19)20-15)24-5-7-26-8-6-24/h9,12-13H,2-8,10-11H2,1H3/t13-/m0/s1. The van der Waals surface area contributed by atoms with Crippen molar-refractivity contribution in [1.82, 2.24) is 19.8 Å². The summed E-state index contributed by atoms with van der Waals surface area (Å²) >= 11 is 7.93. The third-order valence-electron chi connectivity index (χ3n) is 5.29. The SMILES string of the molecule is CN(C=O)[C@H]1CCCN(Cc2cc3nc(Cl)nc(N4CCOCC4)c3s2)C1. The number of carbonyl (C=O) groups is 1. The summed E-state index contributed by atoms with van der Waals surface area (Å²) in [4.78, 5) is 27.7. The van der Waals surface area contributed by atoms with Crippen molar-refractivity contribution >= 4 is 45.4 Å². The van der Waals surface area contributed by atoms with Gasteiger partial charge in [-0.2, -0.15) is 4.98 Å². The molecule has 2 aliphatic heterocycles. The molecule has 1 amide bonds. The smallest absolute Gasteiger partial charge is 0.224 e. The lowest BCUT2D eigenvalue weighted by Gasteiger charge is -2.35. The van der Waals surface area contributed by atoms with Crippen molar-refractivity contribution in [2.75, 3.05) is 51.3 Å². The Morgan fingerprint density at radius 3 is 2.96 bits per heavy atom. The van der Waals surface area contributed by atoms with Crippen LogP contribution in [0.3, 0.4) is 0 Å². The summed E-state index contributed by atoms with van der Waals surface area (Å²) in [6.07, 6.45) is 3.11. The maximum Gasteiger partial charge on any atom is 0.224 e. The molecule has 0 bridgehead atoms. The number of carbonyl (C=O) groups excluding carboxylic acids is 1. The highest BCUT2D eigenvalue weighted by Crippen LogP contribution is 2.34. The van der Waals surface area contributed by atoms with Crippen molar-refractivity contribution in [2.45, 2.75) is 25.4 Å². The number of rotatable bonds is 5. The van der Waals surface area contributed by atoms with E-state index in [0.29, 0.717) is 24.5 Å². The Hall–Kier alpha value is -1.48. The molecule has 2 fully saturated rings. The van der Waals surface area contributed by atoms with E-state index in [1.54, 1.807) is 16.2 Å². The molecule has 1 atom stereocenters. The quantitative estimate of drug-likeness (QED) is 0.557. The first-order valence-electron chi connectivity index (χ1n) is 9.32. The van der Waals surface area contributed by atoms with E-state index in [2.05, 4.69) is 25.8 Å². The number of nitrogens with zero attached hydrogens (tertiary/aromatic N) is 5. The summed E-state index contributed by atoms with van der Waals surface area (Å²) in [6.45, 7) is 5.89. The number of fused-ring (bicyclic) bond motifs is 1. The Balaban J connectivity index is 1.55. The lowest BCUT2D eigenvalue weighted by molar-refractivity contribution is -0.119. The molecule has 4 heterocycles. The van der Waals surface area contributed by atoms with E-state index in [1.165, 1.54) is 4.88 Å². The minimum atomic E-state index is 0.291. The topological polar surface area (TPSA) is 61.8 Å². The molecule has 0 aromatic carbocycles. The van der Waals surface area contributed by atoms with Gasteiger partial charge in [0, 0.05) is 44.1 Å². The number of ether oxygens (including phenoxy) is 1. The molecule has 0 N–H and O–H groups in total. The Kier molecular flexibility index (Phi) is 5.77. The summed E-state index contributed by atoms with van der Waals surface area (Å²) in [6, 6.07) is 2.42. The van der Waals surface area contributed by atoms with E-state index >= 15 is 0 Å². The molecule has 2 aromatic heterocycles. The molecular formula is C18H24ClN5O2S. The molecule has 0 aliphatic carbocycles. The third kappa shape index (κ3) is 4.18. The first-order chi connectivity index (χ1) is 13.1. The van der Waals surface area contributed by atoms with Crippen LogP contribution in [0.4, 0.5) is 5.82 Å². The number of morpholine rings is 1. The molecule has 2 saturated heterocycles. The first kappa shape index (κ1) is 18.9. The van der Waals surface area contributed by atoms with Crippen LogP contribution in [0, 0.1) is 0 Å². The summed E-state index contributed by atoms with van der Waals surface area (Å²) in [5.41, 5.74) is 0.912. The van der Waals surface area contributed by atoms with Crippen LogP contribution >= 0.6 is 22.9 Å². The number of hydrogen-bond donors (Lipinski definition) is 0. The number of likely N-dealkylation sites (tertiary alicyclic amines) is 1. The average Bonchev–Trinajstić information content (AvgIpc) is 3.09. The Morgan fingerprint density at radius 2 is 2.19 bits per heavy atom. The van der Waals surface area contributed by atoms with Gasteiger partial charge in [0.15, 0.2) is 5.82 Å². The van der Waals surface area contributed by atoms with Gasteiger partial charge in [-0.05, 0) is 37.1 Å². The van der Waals surface area contributed by atoms with Gasteiger partial charge in [-0.3, -0.25) is 9.69 Å². The fraction of sp³-hybridized carbons (Fsp3) is 0.611. The van der Waals surface area contributed by atoms with Crippen molar-refractivity contribution in [2.24, 2.45) is 0 Å². The Labute approximate surface area is 167 Å². The van der Waals surface area contributed by atoms with Crippen molar-refractivity contribution in [3.63, 3.8) is 0 Å². The molecule has 2 aromatic rings. The van der Waals surface area contributed by atoms with E-state index < -0.39 is 0 Å². The van der Waals surface area contributed by atoms with Crippen molar-refractivity contribution in [3.05, 3.63) is 16.2 Å². The lowest BCUT2D eigenvalue weighted by Crippen LogP contribution is -2.45. The van der Waals surface area contributed by atoms with E-state index in [0.717, 1.165) is 68.0 Å². The zero-order chi connectivity index (χ0) is 18.8. The summed E-state index contributed by atoms with van der Waals surface area (Å²) < 4.78 is 6.55. The second kappa shape index (κ2) is 8.26. The molecule has 27 heavy (non-hydrogen) atoms. The van der Waals surface area contributed by atoms with Gasteiger partial charge in [0.05, 0.1) is 23.4 Å². The minimum absolute atomic E-state index is 0.291. The number of amides is 1. The zero-order valence-electron chi connectivity index (χ0n) is 15.4. The van der Waals surface area contributed by atoms with Gasteiger partial charge in [-0.25, -0.2) is 4.98 Å². The van der Waals surface area contributed by atoms with E-state index in [-0.39, 0.29) is 0 Å². The van der Waals surface area contributed by atoms with Gasteiger partial charge in [0.1, 0.15) is 0 Å². The number of piperidine rings is 1. The highest BCUT2D eigenvalue weighted by atomic mass is 35.5. The molecular weight excluding hydrogens is 386 g/mol. The van der Waals surface area contributed by atoms with Crippen LogP contribution in [0.5, 0.6) is 0 Å². The van der Waals surface area contributed by atoms with Crippen molar-refractivity contribution in [1.29, 1.82) is 0 Å². The van der Waals surface area contributed by atoms with Crippen molar-refractivity contribution < 1.29 is 9.53 Å². The fourth-order valence-corrected chi connectivity index (χ4v) is 5.14. The van der Waals surface area contributed by atoms with Gasteiger partial charge in [-0.15, -0.1) is 11.3 Å². The summed E-state index contributed by atoms with van der Waals surface area (Å²) in [5.74, 6) is 0.918. The molecule has 9 heteroatoms. The number of anilines is 1. The number of halogens is 1. The van der Waals surface area contributed by atoms with Gasteiger partial charge in [0.25, 0.3) is 0 Å². The lowest BCUT2D eigenvalue weighted by atomic mass is 10.0. The van der Waals surface area contributed by atoms with Crippen molar-refractivity contribution in [3.8, 4) is 0 Å². The number of thiophene rings is 1. The third-order valence-corrected chi connectivity index (χ3v) is 6.56. The van der Waals surface area contributed by atoms with Gasteiger partial charge < -0.3 is 14.5 Å². The van der Waals surface area contributed by atoms with Crippen LogP contribution in [-0.2, 0) is 16.1 Å². The molecule has 0 unspecified atom stereocenters. The van der Waals surface area contributed by atoms with Gasteiger partial charge in [0.2, 0.25) is 11.7 Å². The van der Waals surface area contributed by atoms with Crippen LogP contribution in [-0.4, -0.2) is 78.7 Å². The van der Waals surface area contributed by atoms with Gasteiger partial charge >= 0.3 is 0 Å². The number of hydrogen-bond acceptors (Lipinski definition) is 7. The normalized spacial score (nSPS) is 21.6. The Bertz CT molecular complexity index is 810. The number of likely N-dealkylation sites (N-methyl/N-ethyl adjacent to an activating group) is 1. The number of aromatic nitrogens is 2. The molecule has 146 valence electrons. The second-order valence-electron chi connectivity index (χ2n) is 7.14. The van der Waals surface area contributed by atoms with E-state index in [9.17, 15) is 4.79 Å². The molecule has 7 nitrogen and oxygen atoms in total. The predicted molar refractivity (Wildman–Crippen MR) is 108 cm³/mol. The molecule has 2 aliphatic rings. The largest absolute Gasteiger partial charge is 0.378 e.